The minimum absolute atomic E-state index is 0.274. The van der Waals surface area contributed by atoms with E-state index in [4.69, 9.17) is 27.9 Å². The quantitative estimate of drug-likeness (QED) is 0.816. The minimum atomic E-state index is 0.274. The molecule has 0 atom stereocenters. The number of nitrogens with zero attached hydrogens (tertiary/aromatic N) is 2. The first-order chi connectivity index (χ1) is 5.16. The van der Waals surface area contributed by atoms with E-state index in [9.17, 15) is 0 Å². The van der Waals surface area contributed by atoms with Gasteiger partial charge in [0, 0.05) is 7.11 Å². The Morgan fingerprint density at radius 2 is 2.27 bits per heavy atom. The number of hydrogen-bond acceptors (Lipinski definition) is 2. The lowest BCUT2D eigenvalue weighted by atomic mass is 10.9. The summed E-state index contributed by atoms with van der Waals surface area (Å²) in [7, 11) is 1.57. The average molecular weight is 260 g/mol. The van der Waals surface area contributed by atoms with Crippen molar-refractivity contribution < 1.29 is 4.74 Å². The highest BCUT2D eigenvalue weighted by molar-refractivity contribution is 9.10. The van der Waals surface area contributed by atoms with Gasteiger partial charge in [0.25, 0.3) is 0 Å². The van der Waals surface area contributed by atoms with Crippen molar-refractivity contribution in [2.24, 2.45) is 0 Å². The van der Waals surface area contributed by atoms with Gasteiger partial charge in [0.2, 0.25) is 0 Å². The Morgan fingerprint density at radius 1 is 1.64 bits per heavy atom. The van der Waals surface area contributed by atoms with Crippen LogP contribution in [0.15, 0.2) is 4.73 Å². The van der Waals surface area contributed by atoms with Gasteiger partial charge >= 0.3 is 0 Å². The topological polar surface area (TPSA) is 27.1 Å². The first-order valence-corrected chi connectivity index (χ1v) is 4.27. The van der Waals surface area contributed by atoms with Crippen LogP contribution >= 0.6 is 39.1 Å². The SMILES string of the molecule is COCn1c(Br)nc(Cl)c1Cl. The van der Waals surface area contributed by atoms with Crippen molar-refractivity contribution >= 4 is 39.1 Å². The number of imidazole rings is 1. The number of aromatic nitrogens is 2. The summed E-state index contributed by atoms with van der Waals surface area (Å²) in [5, 5.41) is 0.649. The molecule has 1 aromatic heterocycles. The Labute approximate surface area is 82.4 Å². The first kappa shape index (κ1) is 9.32. The van der Waals surface area contributed by atoms with Crippen LogP contribution in [0.5, 0.6) is 0 Å². The molecule has 1 aromatic rings. The van der Waals surface area contributed by atoms with Gasteiger partial charge in [-0.05, 0) is 15.9 Å². The third-order valence-electron chi connectivity index (χ3n) is 1.08. The van der Waals surface area contributed by atoms with Crippen LogP contribution in [0.25, 0.3) is 0 Å². The molecule has 0 aliphatic carbocycles. The van der Waals surface area contributed by atoms with E-state index in [2.05, 4.69) is 20.9 Å². The molecule has 3 nitrogen and oxygen atoms in total. The molecule has 62 valence electrons. The van der Waals surface area contributed by atoms with Gasteiger partial charge in [-0.3, -0.25) is 4.57 Å². The van der Waals surface area contributed by atoms with Gasteiger partial charge in [-0.2, -0.15) is 0 Å². The van der Waals surface area contributed by atoms with E-state index in [1.807, 2.05) is 0 Å². The van der Waals surface area contributed by atoms with Gasteiger partial charge in [0.05, 0.1) is 0 Å². The highest BCUT2D eigenvalue weighted by Crippen LogP contribution is 2.25. The number of methoxy groups -OCH3 is 1. The van der Waals surface area contributed by atoms with Gasteiger partial charge in [-0.15, -0.1) is 0 Å². The van der Waals surface area contributed by atoms with Crippen molar-refractivity contribution in [3.63, 3.8) is 0 Å². The molecule has 0 unspecified atom stereocenters. The fourth-order valence-corrected chi connectivity index (χ4v) is 1.63. The van der Waals surface area contributed by atoms with Gasteiger partial charge in [0.1, 0.15) is 6.73 Å². The Kier molecular flexibility index (Phi) is 3.18. The van der Waals surface area contributed by atoms with Gasteiger partial charge < -0.3 is 4.74 Å². The highest BCUT2D eigenvalue weighted by Gasteiger charge is 2.10. The lowest BCUT2D eigenvalue weighted by molar-refractivity contribution is 0.129. The molecule has 0 fully saturated rings. The lowest BCUT2D eigenvalue weighted by Crippen LogP contribution is -1.99. The zero-order valence-corrected chi connectivity index (χ0v) is 8.74. The molecule has 1 rings (SSSR count). The fourth-order valence-electron chi connectivity index (χ4n) is 0.619. The summed E-state index contributed by atoms with van der Waals surface area (Å²) >= 11 is 14.5. The average Bonchev–Trinajstić information content (AvgIpc) is 2.17. The van der Waals surface area contributed by atoms with Crippen LogP contribution in [0.4, 0.5) is 0 Å². The van der Waals surface area contributed by atoms with Gasteiger partial charge in [-0.25, -0.2) is 4.98 Å². The third-order valence-corrected chi connectivity index (χ3v) is 2.43. The maximum absolute atomic E-state index is 5.75. The van der Waals surface area contributed by atoms with Crippen LogP contribution in [0.3, 0.4) is 0 Å². The Morgan fingerprint density at radius 3 is 2.64 bits per heavy atom. The first-order valence-electron chi connectivity index (χ1n) is 2.72. The molecule has 0 amide bonds. The molecule has 0 saturated heterocycles. The maximum Gasteiger partial charge on any atom is 0.181 e. The predicted octanol–water partition coefficient (Wildman–Crippen LogP) is 2.56. The summed E-state index contributed by atoms with van der Waals surface area (Å²) in [6.45, 7) is 0.332. The van der Waals surface area contributed by atoms with Crippen molar-refractivity contribution in [3.05, 3.63) is 15.0 Å². The van der Waals surface area contributed by atoms with E-state index in [0.717, 1.165) is 0 Å². The van der Waals surface area contributed by atoms with Crippen LogP contribution in [-0.2, 0) is 11.5 Å². The van der Waals surface area contributed by atoms with Crippen LogP contribution in [0.1, 0.15) is 0 Å². The Balaban J connectivity index is 3.02. The maximum atomic E-state index is 5.75. The third kappa shape index (κ3) is 1.87. The zero-order chi connectivity index (χ0) is 8.43. The molecule has 0 aliphatic heterocycles. The van der Waals surface area contributed by atoms with E-state index in [-0.39, 0.29) is 5.15 Å². The molecule has 1 heterocycles. The van der Waals surface area contributed by atoms with Crippen molar-refractivity contribution in [1.82, 2.24) is 9.55 Å². The second-order valence-corrected chi connectivity index (χ2v) is 3.23. The fraction of sp³-hybridized carbons (Fsp3) is 0.400. The van der Waals surface area contributed by atoms with E-state index in [0.29, 0.717) is 16.6 Å². The molecule has 0 spiro atoms. The molecule has 0 N–H and O–H groups in total. The number of rotatable bonds is 2. The standard InChI is InChI=1S/C5H5BrCl2N2O/c1-11-2-10-4(8)3(7)9-5(10)6/h2H2,1H3. The molecular weight excluding hydrogens is 255 g/mol. The number of ether oxygens (including phenoxy) is 1. The molecular formula is C5H5BrCl2N2O. The van der Waals surface area contributed by atoms with Crippen LogP contribution in [-0.4, -0.2) is 16.7 Å². The van der Waals surface area contributed by atoms with Crippen LogP contribution in [0.2, 0.25) is 10.3 Å². The minimum Gasteiger partial charge on any atom is -0.364 e. The summed E-state index contributed by atoms with van der Waals surface area (Å²) in [6.07, 6.45) is 0. The van der Waals surface area contributed by atoms with Crippen LogP contribution < -0.4 is 0 Å². The largest absolute Gasteiger partial charge is 0.364 e. The number of hydrogen-bond donors (Lipinski definition) is 0. The predicted molar refractivity (Wildman–Crippen MR) is 47.0 cm³/mol. The van der Waals surface area contributed by atoms with Crippen molar-refractivity contribution in [1.29, 1.82) is 0 Å². The Hall–Kier alpha value is 0.230. The lowest BCUT2D eigenvalue weighted by Gasteiger charge is -2.01. The second kappa shape index (κ2) is 3.76. The van der Waals surface area contributed by atoms with Crippen LogP contribution in [0, 0.1) is 0 Å². The molecule has 0 aliphatic rings. The van der Waals surface area contributed by atoms with E-state index < -0.39 is 0 Å². The molecule has 6 heteroatoms. The Bertz CT molecular complexity index is 263. The smallest absolute Gasteiger partial charge is 0.181 e. The van der Waals surface area contributed by atoms with E-state index in [1.165, 1.54) is 0 Å². The summed E-state index contributed by atoms with van der Waals surface area (Å²) in [6, 6.07) is 0. The normalized spacial score (nSPS) is 10.5. The monoisotopic (exact) mass is 258 g/mol. The molecule has 0 aromatic carbocycles. The summed E-state index contributed by atoms with van der Waals surface area (Å²) in [5.41, 5.74) is 0. The molecule has 0 bridgehead atoms. The van der Waals surface area contributed by atoms with Crippen molar-refractivity contribution in [3.8, 4) is 0 Å². The molecule has 0 saturated carbocycles. The second-order valence-electron chi connectivity index (χ2n) is 1.81. The van der Waals surface area contributed by atoms with E-state index in [1.54, 1.807) is 11.7 Å². The van der Waals surface area contributed by atoms with Gasteiger partial charge in [-0.1, -0.05) is 23.2 Å². The summed E-state index contributed by atoms with van der Waals surface area (Å²) in [4.78, 5) is 3.86. The van der Waals surface area contributed by atoms with Gasteiger partial charge in [0.15, 0.2) is 15.0 Å². The molecule has 0 radical (unpaired) electrons. The summed E-state index contributed by atoms with van der Waals surface area (Å²) < 4.78 is 7.02. The summed E-state index contributed by atoms with van der Waals surface area (Å²) in [5.74, 6) is 0. The zero-order valence-electron chi connectivity index (χ0n) is 5.64. The highest BCUT2D eigenvalue weighted by atomic mass is 79.9. The molecule has 11 heavy (non-hydrogen) atoms. The van der Waals surface area contributed by atoms with E-state index >= 15 is 0 Å². The van der Waals surface area contributed by atoms with Crippen molar-refractivity contribution in [2.75, 3.05) is 7.11 Å². The number of halogens is 3. The van der Waals surface area contributed by atoms with Crippen molar-refractivity contribution in [2.45, 2.75) is 6.73 Å².